The molecule has 0 aromatic heterocycles. The molecule has 226 valence electrons. The number of hydrogen-bond donors (Lipinski definition) is 1. The molecule has 11 heteroatoms. The molecule has 3 rings (SSSR count). The Balaban J connectivity index is 2.10. The Morgan fingerprint density at radius 1 is 0.929 bits per heavy atom. The van der Waals surface area contributed by atoms with Gasteiger partial charge in [-0.3, -0.25) is 13.9 Å². The number of amides is 2. The average Bonchev–Trinajstić information content (AvgIpc) is 2.99. The van der Waals surface area contributed by atoms with Crippen molar-refractivity contribution in [2.45, 2.75) is 44.7 Å². The lowest BCUT2D eigenvalue weighted by molar-refractivity contribution is -0.140. The first-order valence-corrected chi connectivity index (χ1v) is 15.5. The number of benzene rings is 3. The number of ether oxygens (including phenoxy) is 2. The Labute approximate surface area is 253 Å². The van der Waals surface area contributed by atoms with Crippen LogP contribution in [0, 0.1) is 5.92 Å². The maximum atomic E-state index is 14.2. The summed E-state index contributed by atoms with van der Waals surface area (Å²) in [6, 6.07) is 18.6. The summed E-state index contributed by atoms with van der Waals surface area (Å²) < 4.78 is 39.7. The van der Waals surface area contributed by atoms with E-state index in [0.29, 0.717) is 35.1 Å². The van der Waals surface area contributed by atoms with Crippen LogP contribution in [-0.2, 0) is 26.2 Å². The highest BCUT2D eigenvalue weighted by Gasteiger charge is 2.34. The van der Waals surface area contributed by atoms with Gasteiger partial charge >= 0.3 is 0 Å². The Morgan fingerprint density at radius 3 is 2.17 bits per heavy atom. The summed E-state index contributed by atoms with van der Waals surface area (Å²) in [5, 5.41) is 3.34. The summed E-state index contributed by atoms with van der Waals surface area (Å²) in [5.74, 6) is 0.00247. The third-order valence-corrected chi connectivity index (χ3v) is 8.79. The smallest absolute Gasteiger partial charge is 0.264 e. The zero-order valence-corrected chi connectivity index (χ0v) is 26.1. The van der Waals surface area contributed by atoms with Gasteiger partial charge in [0.15, 0.2) is 11.5 Å². The van der Waals surface area contributed by atoms with Gasteiger partial charge in [-0.2, -0.15) is 0 Å². The van der Waals surface area contributed by atoms with Crippen molar-refractivity contribution in [3.63, 3.8) is 0 Å². The number of halogens is 1. The third-order valence-electron chi connectivity index (χ3n) is 6.63. The first-order chi connectivity index (χ1) is 20.0. The van der Waals surface area contributed by atoms with Gasteiger partial charge in [-0.05, 0) is 48.2 Å². The molecule has 0 fully saturated rings. The quantitative estimate of drug-likeness (QED) is 0.270. The number of nitrogens with zero attached hydrogens (tertiary/aromatic N) is 2. The molecule has 0 saturated heterocycles. The van der Waals surface area contributed by atoms with Gasteiger partial charge in [-0.25, -0.2) is 8.42 Å². The fourth-order valence-electron chi connectivity index (χ4n) is 4.38. The van der Waals surface area contributed by atoms with Crippen molar-refractivity contribution in [2.75, 3.05) is 31.6 Å². The largest absolute Gasteiger partial charge is 0.493 e. The van der Waals surface area contributed by atoms with Gasteiger partial charge in [0.2, 0.25) is 11.8 Å². The van der Waals surface area contributed by atoms with Gasteiger partial charge in [0.1, 0.15) is 12.6 Å². The molecule has 0 aliphatic carbocycles. The van der Waals surface area contributed by atoms with Crippen LogP contribution >= 0.6 is 11.6 Å². The standard InChI is InChI=1S/C31H38ClN3O6S/c1-6-27(31(37)33-19-22(2)3)34(20-23-12-10-11-15-26(23)32)30(36)21-35(42(38,39)25-13-8-7-9-14-25)24-16-17-28(40-4)29(18-24)41-5/h7-18,22,27H,6,19-21H2,1-5H3,(H,33,37)/t27-/m1/s1. The zero-order chi connectivity index (χ0) is 30.9. The van der Waals surface area contributed by atoms with E-state index >= 15 is 0 Å². The predicted molar refractivity (Wildman–Crippen MR) is 164 cm³/mol. The van der Waals surface area contributed by atoms with Crippen LogP contribution in [0.25, 0.3) is 0 Å². The number of hydrogen-bond acceptors (Lipinski definition) is 6. The van der Waals surface area contributed by atoms with E-state index in [1.807, 2.05) is 13.8 Å². The van der Waals surface area contributed by atoms with Gasteiger partial charge in [0.25, 0.3) is 10.0 Å². The van der Waals surface area contributed by atoms with E-state index in [4.69, 9.17) is 21.1 Å². The molecule has 0 radical (unpaired) electrons. The van der Waals surface area contributed by atoms with E-state index in [-0.39, 0.29) is 29.0 Å². The molecule has 0 heterocycles. The van der Waals surface area contributed by atoms with Crippen LogP contribution in [-0.4, -0.2) is 58.5 Å². The second-order valence-corrected chi connectivity index (χ2v) is 12.3. The Bertz CT molecular complexity index is 1470. The van der Waals surface area contributed by atoms with Crippen LogP contribution in [0.15, 0.2) is 77.7 Å². The minimum absolute atomic E-state index is 0.00644. The number of carbonyl (C=O) groups is 2. The second kappa shape index (κ2) is 14.9. The lowest BCUT2D eigenvalue weighted by Crippen LogP contribution is -2.52. The summed E-state index contributed by atoms with van der Waals surface area (Å²) >= 11 is 6.45. The fourth-order valence-corrected chi connectivity index (χ4v) is 6.00. The lowest BCUT2D eigenvalue weighted by atomic mass is 10.1. The minimum Gasteiger partial charge on any atom is -0.493 e. The van der Waals surface area contributed by atoms with Gasteiger partial charge in [-0.15, -0.1) is 0 Å². The van der Waals surface area contributed by atoms with Crippen molar-refractivity contribution in [2.24, 2.45) is 5.92 Å². The molecular formula is C31H38ClN3O6S. The number of anilines is 1. The summed E-state index contributed by atoms with van der Waals surface area (Å²) in [4.78, 5) is 28.9. The van der Waals surface area contributed by atoms with Crippen molar-refractivity contribution in [3.8, 4) is 11.5 Å². The van der Waals surface area contributed by atoms with Crippen molar-refractivity contribution < 1.29 is 27.5 Å². The van der Waals surface area contributed by atoms with Crippen molar-refractivity contribution in [1.82, 2.24) is 10.2 Å². The summed E-state index contributed by atoms with van der Waals surface area (Å²) in [6.07, 6.45) is 0.307. The van der Waals surface area contributed by atoms with Gasteiger partial charge in [0.05, 0.1) is 24.8 Å². The number of nitrogens with one attached hydrogen (secondary N) is 1. The molecule has 3 aromatic carbocycles. The number of methoxy groups -OCH3 is 2. The van der Waals surface area contributed by atoms with Crippen molar-refractivity contribution in [1.29, 1.82) is 0 Å². The molecule has 42 heavy (non-hydrogen) atoms. The van der Waals surface area contributed by atoms with E-state index < -0.39 is 28.5 Å². The monoisotopic (exact) mass is 615 g/mol. The molecule has 0 saturated carbocycles. The Hall–Kier alpha value is -3.76. The van der Waals surface area contributed by atoms with Crippen LogP contribution in [0.4, 0.5) is 5.69 Å². The molecule has 0 bridgehead atoms. The maximum Gasteiger partial charge on any atom is 0.264 e. The number of carbonyl (C=O) groups excluding carboxylic acids is 2. The molecule has 9 nitrogen and oxygen atoms in total. The molecule has 0 aliphatic heterocycles. The third kappa shape index (κ3) is 7.95. The van der Waals surface area contributed by atoms with Crippen molar-refractivity contribution in [3.05, 3.63) is 83.4 Å². The predicted octanol–water partition coefficient (Wildman–Crippen LogP) is 5.13. The zero-order valence-electron chi connectivity index (χ0n) is 24.5. The highest BCUT2D eigenvalue weighted by atomic mass is 35.5. The normalized spacial score (nSPS) is 12.0. The van der Waals surface area contributed by atoms with Crippen LogP contribution in [0.3, 0.4) is 0 Å². The molecule has 3 aromatic rings. The topological polar surface area (TPSA) is 105 Å². The molecular weight excluding hydrogens is 578 g/mol. The first-order valence-electron chi connectivity index (χ1n) is 13.6. The summed E-state index contributed by atoms with van der Waals surface area (Å²) in [6.45, 7) is 5.62. The summed E-state index contributed by atoms with van der Waals surface area (Å²) in [7, 11) is -1.31. The minimum atomic E-state index is -4.22. The summed E-state index contributed by atoms with van der Waals surface area (Å²) in [5.41, 5.74) is 0.825. The van der Waals surface area contributed by atoms with E-state index in [1.165, 1.54) is 37.3 Å². The molecule has 1 atom stereocenters. The van der Waals surface area contributed by atoms with Crippen LogP contribution in [0.2, 0.25) is 5.02 Å². The maximum absolute atomic E-state index is 14.2. The van der Waals surface area contributed by atoms with E-state index in [2.05, 4.69) is 5.32 Å². The SMILES string of the molecule is CC[C@H](C(=O)NCC(C)C)N(Cc1ccccc1Cl)C(=O)CN(c1ccc(OC)c(OC)c1)S(=O)(=O)c1ccccc1. The average molecular weight is 616 g/mol. The van der Waals surface area contributed by atoms with E-state index in [9.17, 15) is 18.0 Å². The fraction of sp³-hybridized carbons (Fsp3) is 0.355. The number of rotatable bonds is 14. The van der Waals surface area contributed by atoms with E-state index in [0.717, 1.165) is 4.31 Å². The molecule has 0 spiro atoms. The Morgan fingerprint density at radius 2 is 1.57 bits per heavy atom. The first kappa shape index (κ1) is 32.8. The van der Waals surface area contributed by atoms with Gasteiger partial charge in [0, 0.05) is 24.2 Å². The van der Waals surface area contributed by atoms with Crippen LogP contribution < -0.4 is 19.1 Å². The van der Waals surface area contributed by atoms with Crippen molar-refractivity contribution >= 4 is 39.1 Å². The van der Waals surface area contributed by atoms with Gasteiger partial charge < -0.3 is 19.7 Å². The highest BCUT2D eigenvalue weighted by molar-refractivity contribution is 7.92. The van der Waals surface area contributed by atoms with E-state index in [1.54, 1.807) is 61.5 Å². The Kier molecular flexibility index (Phi) is 11.6. The number of sulfonamides is 1. The lowest BCUT2D eigenvalue weighted by Gasteiger charge is -2.33. The highest BCUT2D eigenvalue weighted by Crippen LogP contribution is 2.34. The molecule has 2 amide bonds. The van der Waals surface area contributed by atoms with Crippen LogP contribution in [0.5, 0.6) is 11.5 Å². The molecule has 0 unspecified atom stereocenters. The van der Waals surface area contributed by atoms with Gasteiger partial charge in [-0.1, -0.05) is 68.8 Å². The molecule has 1 N–H and O–H groups in total. The molecule has 0 aliphatic rings. The second-order valence-electron chi connectivity index (χ2n) is 10.0. The van der Waals surface area contributed by atoms with Crippen LogP contribution in [0.1, 0.15) is 32.8 Å².